The fraction of sp³-hybridized carbons (Fsp3) is 0.941. The Morgan fingerprint density at radius 1 is 1.33 bits per heavy atom. The lowest BCUT2D eigenvalue weighted by atomic mass is 9.85. The first-order valence-corrected chi connectivity index (χ1v) is 8.54. The number of nitrogens with one attached hydrogen (secondary N) is 2. The van der Waals surface area contributed by atoms with Crippen LogP contribution < -0.4 is 10.6 Å². The van der Waals surface area contributed by atoms with Gasteiger partial charge in [-0.25, -0.2) is 0 Å². The van der Waals surface area contributed by atoms with E-state index in [2.05, 4.69) is 50.4 Å². The van der Waals surface area contributed by atoms with Gasteiger partial charge in [0.15, 0.2) is 0 Å². The molecule has 4 nitrogen and oxygen atoms in total. The van der Waals surface area contributed by atoms with Gasteiger partial charge in [0, 0.05) is 19.0 Å². The molecule has 3 atom stereocenters. The van der Waals surface area contributed by atoms with Crippen molar-refractivity contribution >= 4 is 5.91 Å². The standard InChI is InChI=1S/C17H35N3O/c1-13(2)9-16(20(4)5)12-19-17(21)10-14(3)15-7-6-8-18-11-15/h13-16,18H,6-12H2,1-5H3,(H,19,21). The van der Waals surface area contributed by atoms with E-state index in [1.165, 1.54) is 12.8 Å². The van der Waals surface area contributed by atoms with Crippen LogP contribution in [0, 0.1) is 17.8 Å². The van der Waals surface area contributed by atoms with Crippen molar-refractivity contribution in [2.45, 2.75) is 52.5 Å². The van der Waals surface area contributed by atoms with Crippen molar-refractivity contribution in [2.24, 2.45) is 17.8 Å². The summed E-state index contributed by atoms with van der Waals surface area (Å²) < 4.78 is 0. The molecular formula is C17H35N3O. The molecule has 1 aliphatic heterocycles. The van der Waals surface area contributed by atoms with Gasteiger partial charge < -0.3 is 15.5 Å². The number of likely N-dealkylation sites (N-methyl/N-ethyl adjacent to an activating group) is 1. The van der Waals surface area contributed by atoms with Crippen molar-refractivity contribution in [3.63, 3.8) is 0 Å². The predicted octanol–water partition coefficient (Wildman–Crippen LogP) is 2.10. The zero-order valence-corrected chi connectivity index (χ0v) is 14.6. The summed E-state index contributed by atoms with van der Waals surface area (Å²) in [6.45, 7) is 9.65. The van der Waals surface area contributed by atoms with Gasteiger partial charge in [-0.15, -0.1) is 0 Å². The highest BCUT2D eigenvalue weighted by molar-refractivity contribution is 5.76. The molecular weight excluding hydrogens is 262 g/mol. The van der Waals surface area contributed by atoms with Crippen LogP contribution in [0.5, 0.6) is 0 Å². The smallest absolute Gasteiger partial charge is 0.220 e. The third-order valence-corrected chi connectivity index (χ3v) is 4.66. The third-order valence-electron chi connectivity index (χ3n) is 4.66. The summed E-state index contributed by atoms with van der Waals surface area (Å²) in [7, 11) is 4.19. The average Bonchev–Trinajstić information content (AvgIpc) is 2.43. The zero-order chi connectivity index (χ0) is 15.8. The maximum Gasteiger partial charge on any atom is 0.220 e. The van der Waals surface area contributed by atoms with Crippen LogP contribution in [-0.4, -0.2) is 50.6 Å². The van der Waals surface area contributed by atoms with Gasteiger partial charge in [0.25, 0.3) is 0 Å². The van der Waals surface area contributed by atoms with Crippen molar-refractivity contribution < 1.29 is 4.79 Å². The molecule has 124 valence electrons. The first-order chi connectivity index (χ1) is 9.90. The third kappa shape index (κ3) is 7.28. The summed E-state index contributed by atoms with van der Waals surface area (Å²) in [5.41, 5.74) is 0. The number of hydrogen-bond acceptors (Lipinski definition) is 3. The van der Waals surface area contributed by atoms with Crippen LogP contribution >= 0.6 is 0 Å². The van der Waals surface area contributed by atoms with Gasteiger partial charge in [0.2, 0.25) is 5.91 Å². The van der Waals surface area contributed by atoms with Gasteiger partial charge in [-0.3, -0.25) is 4.79 Å². The second kappa shape index (κ2) is 9.42. The molecule has 0 aromatic rings. The first kappa shape index (κ1) is 18.4. The lowest BCUT2D eigenvalue weighted by molar-refractivity contribution is -0.122. The van der Waals surface area contributed by atoms with Gasteiger partial charge in [-0.1, -0.05) is 20.8 Å². The van der Waals surface area contributed by atoms with E-state index in [4.69, 9.17) is 0 Å². The molecule has 0 spiro atoms. The molecule has 3 unspecified atom stereocenters. The second-order valence-electron chi connectivity index (χ2n) is 7.34. The quantitative estimate of drug-likeness (QED) is 0.721. The van der Waals surface area contributed by atoms with Crippen LogP contribution in [0.4, 0.5) is 0 Å². The van der Waals surface area contributed by atoms with Gasteiger partial charge in [-0.05, 0) is 64.2 Å². The normalized spacial score (nSPS) is 22.3. The summed E-state index contributed by atoms with van der Waals surface area (Å²) >= 11 is 0. The molecule has 2 N–H and O–H groups in total. The lowest BCUT2D eigenvalue weighted by Gasteiger charge is -2.29. The van der Waals surface area contributed by atoms with Gasteiger partial charge in [0.05, 0.1) is 0 Å². The molecule has 1 fully saturated rings. The Hall–Kier alpha value is -0.610. The van der Waals surface area contributed by atoms with Gasteiger partial charge in [0.1, 0.15) is 0 Å². The monoisotopic (exact) mass is 297 g/mol. The lowest BCUT2D eigenvalue weighted by Crippen LogP contribution is -2.42. The number of piperidine rings is 1. The molecule has 1 saturated heterocycles. The largest absolute Gasteiger partial charge is 0.355 e. The SMILES string of the molecule is CC(C)CC(CNC(=O)CC(C)C1CCCNC1)N(C)C. The average molecular weight is 297 g/mol. The molecule has 0 radical (unpaired) electrons. The molecule has 0 aromatic carbocycles. The van der Waals surface area contributed by atoms with Crippen LogP contribution in [0.2, 0.25) is 0 Å². The van der Waals surface area contributed by atoms with E-state index in [9.17, 15) is 4.79 Å². The van der Waals surface area contributed by atoms with Gasteiger partial charge >= 0.3 is 0 Å². The summed E-state index contributed by atoms with van der Waals surface area (Å²) in [4.78, 5) is 14.4. The summed E-state index contributed by atoms with van der Waals surface area (Å²) in [6.07, 6.45) is 4.28. The van der Waals surface area contributed by atoms with Crippen LogP contribution in [0.1, 0.15) is 46.5 Å². The molecule has 1 heterocycles. The number of carbonyl (C=O) groups excluding carboxylic acids is 1. The number of rotatable bonds is 8. The second-order valence-corrected chi connectivity index (χ2v) is 7.34. The van der Waals surface area contributed by atoms with Crippen molar-refractivity contribution in [3.05, 3.63) is 0 Å². The Labute approximate surface area is 131 Å². The van der Waals surface area contributed by atoms with Crippen molar-refractivity contribution in [2.75, 3.05) is 33.7 Å². The number of nitrogens with zero attached hydrogens (tertiary/aromatic N) is 1. The summed E-state index contributed by atoms with van der Waals surface area (Å²) in [5.74, 6) is 2.00. The number of carbonyl (C=O) groups is 1. The Morgan fingerprint density at radius 3 is 2.57 bits per heavy atom. The zero-order valence-electron chi connectivity index (χ0n) is 14.6. The Morgan fingerprint density at radius 2 is 2.05 bits per heavy atom. The molecule has 21 heavy (non-hydrogen) atoms. The van der Waals surface area contributed by atoms with E-state index < -0.39 is 0 Å². The molecule has 0 saturated carbocycles. The van der Waals surface area contributed by atoms with E-state index in [1.807, 2.05) is 0 Å². The topological polar surface area (TPSA) is 44.4 Å². The highest BCUT2D eigenvalue weighted by Crippen LogP contribution is 2.22. The van der Waals surface area contributed by atoms with E-state index in [0.717, 1.165) is 26.1 Å². The van der Waals surface area contributed by atoms with Gasteiger partial charge in [-0.2, -0.15) is 0 Å². The minimum Gasteiger partial charge on any atom is -0.355 e. The molecule has 0 aliphatic carbocycles. The minimum absolute atomic E-state index is 0.212. The Bertz CT molecular complexity index is 298. The fourth-order valence-corrected chi connectivity index (χ4v) is 3.15. The minimum atomic E-state index is 0.212. The Kier molecular flexibility index (Phi) is 8.27. The van der Waals surface area contributed by atoms with E-state index in [1.54, 1.807) is 0 Å². The van der Waals surface area contributed by atoms with Crippen LogP contribution in [0.25, 0.3) is 0 Å². The number of amides is 1. The maximum atomic E-state index is 12.2. The summed E-state index contributed by atoms with van der Waals surface area (Å²) in [5, 5.41) is 6.58. The van der Waals surface area contributed by atoms with Crippen LogP contribution in [0.3, 0.4) is 0 Å². The molecule has 1 rings (SSSR count). The summed E-state index contributed by atoms with van der Waals surface area (Å²) in [6, 6.07) is 0.431. The highest BCUT2D eigenvalue weighted by Gasteiger charge is 2.22. The molecule has 1 aliphatic rings. The van der Waals surface area contributed by atoms with E-state index in [-0.39, 0.29) is 5.91 Å². The van der Waals surface area contributed by atoms with Crippen LogP contribution in [0.15, 0.2) is 0 Å². The van der Waals surface area contributed by atoms with Crippen LogP contribution in [-0.2, 0) is 4.79 Å². The predicted molar refractivity (Wildman–Crippen MR) is 89.3 cm³/mol. The molecule has 4 heteroatoms. The van der Waals surface area contributed by atoms with Crippen molar-refractivity contribution in [1.82, 2.24) is 15.5 Å². The van der Waals surface area contributed by atoms with Crippen molar-refractivity contribution in [3.8, 4) is 0 Å². The Balaban J connectivity index is 2.31. The first-order valence-electron chi connectivity index (χ1n) is 8.54. The fourth-order valence-electron chi connectivity index (χ4n) is 3.15. The molecule has 0 aromatic heterocycles. The van der Waals surface area contributed by atoms with E-state index >= 15 is 0 Å². The molecule has 0 bridgehead atoms. The maximum absolute atomic E-state index is 12.2. The van der Waals surface area contributed by atoms with E-state index in [0.29, 0.717) is 30.2 Å². The van der Waals surface area contributed by atoms with Crippen molar-refractivity contribution in [1.29, 1.82) is 0 Å². The highest BCUT2D eigenvalue weighted by atomic mass is 16.1. The number of hydrogen-bond donors (Lipinski definition) is 2. The molecule has 1 amide bonds.